The lowest BCUT2D eigenvalue weighted by atomic mass is 9.87. The highest BCUT2D eigenvalue weighted by atomic mass is 16.6. The Kier molecular flexibility index (Phi) is 4.44. The number of rotatable bonds is 4. The number of aliphatic hydroxyl groups excluding tert-OH is 1. The fourth-order valence-electron chi connectivity index (χ4n) is 2.79. The Balaban J connectivity index is 2.05. The Bertz CT molecular complexity index is 855. The summed E-state index contributed by atoms with van der Waals surface area (Å²) in [6.07, 6.45) is -1.95. The van der Waals surface area contributed by atoms with Gasteiger partial charge in [-0.1, -0.05) is 0 Å². The average molecular weight is 343 g/mol. The lowest BCUT2D eigenvalue weighted by Gasteiger charge is -2.43. The third kappa shape index (κ3) is 3.20. The third-order valence-electron chi connectivity index (χ3n) is 4.03. The van der Waals surface area contributed by atoms with Crippen LogP contribution in [0.3, 0.4) is 0 Å². The maximum Gasteiger partial charge on any atom is 0.264 e. The van der Waals surface area contributed by atoms with Crippen LogP contribution in [0.1, 0.15) is 24.2 Å². The second-order valence-corrected chi connectivity index (χ2v) is 5.95. The average Bonchev–Trinajstić information content (AvgIpc) is 2.60. The zero-order chi connectivity index (χ0) is 18.0. The molecular weight excluding hydrogens is 326 g/mol. The van der Waals surface area contributed by atoms with E-state index in [0.29, 0.717) is 16.9 Å². The van der Waals surface area contributed by atoms with Crippen molar-refractivity contribution in [2.24, 2.45) is 0 Å². The molecule has 1 aromatic heterocycles. The molecule has 0 amide bonds. The summed E-state index contributed by atoms with van der Waals surface area (Å²) >= 11 is 0. The number of aromatic amines is 1. The lowest BCUT2D eigenvalue weighted by Crippen LogP contribution is -2.55. The summed E-state index contributed by atoms with van der Waals surface area (Å²) in [6, 6.07) is 9.61. The minimum absolute atomic E-state index is 0.131. The second kappa shape index (κ2) is 6.55. The molecule has 3 rings (SSSR count). The van der Waals surface area contributed by atoms with Gasteiger partial charge in [-0.05, 0) is 25.1 Å². The highest BCUT2D eigenvalue weighted by Gasteiger charge is 2.48. The van der Waals surface area contributed by atoms with E-state index in [1.165, 1.54) is 19.2 Å². The Morgan fingerprint density at radius 3 is 2.88 bits per heavy atom. The van der Waals surface area contributed by atoms with E-state index in [2.05, 4.69) is 10.2 Å². The van der Waals surface area contributed by atoms with E-state index < -0.39 is 17.8 Å². The number of hydrogen-bond acceptors (Lipinski definition) is 7. The van der Waals surface area contributed by atoms with Crippen LogP contribution in [0.2, 0.25) is 0 Å². The number of fused-ring (bicyclic) bond motifs is 1. The Morgan fingerprint density at radius 1 is 1.44 bits per heavy atom. The molecule has 3 unspecified atom stereocenters. The van der Waals surface area contributed by atoms with Crippen LogP contribution in [0.25, 0.3) is 0 Å². The largest absolute Gasteiger partial charge is 0.482 e. The van der Waals surface area contributed by atoms with Crippen LogP contribution >= 0.6 is 0 Å². The van der Waals surface area contributed by atoms with Gasteiger partial charge in [0.15, 0.2) is 11.7 Å². The minimum Gasteiger partial charge on any atom is -0.482 e. The summed E-state index contributed by atoms with van der Waals surface area (Å²) in [7, 11) is 1.51. The molecule has 1 aliphatic rings. The first-order valence-corrected chi connectivity index (χ1v) is 7.59. The number of H-pyrrole nitrogens is 1. The number of methoxy groups -OCH3 is 1. The van der Waals surface area contributed by atoms with Gasteiger partial charge in [-0.15, -0.1) is 5.10 Å². The predicted octanol–water partition coefficient (Wildman–Crippen LogP) is 0.920. The van der Waals surface area contributed by atoms with Gasteiger partial charge in [-0.2, -0.15) is 5.26 Å². The van der Waals surface area contributed by atoms with Crippen LogP contribution in [-0.2, 0) is 4.74 Å². The molecule has 3 atom stereocenters. The zero-order valence-electron chi connectivity index (χ0n) is 13.7. The van der Waals surface area contributed by atoms with Crippen molar-refractivity contribution in [1.29, 1.82) is 5.26 Å². The van der Waals surface area contributed by atoms with E-state index in [9.17, 15) is 9.90 Å². The van der Waals surface area contributed by atoms with E-state index in [0.717, 1.165) is 0 Å². The van der Waals surface area contributed by atoms with Gasteiger partial charge >= 0.3 is 0 Å². The lowest BCUT2D eigenvalue weighted by molar-refractivity contribution is -0.138. The molecule has 1 aromatic carbocycles. The molecule has 0 saturated carbocycles. The second-order valence-electron chi connectivity index (χ2n) is 5.95. The van der Waals surface area contributed by atoms with Gasteiger partial charge in [-0.25, -0.2) is 5.10 Å². The highest BCUT2D eigenvalue weighted by Crippen LogP contribution is 2.42. The molecule has 8 heteroatoms. The van der Waals surface area contributed by atoms with Crippen molar-refractivity contribution in [1.82, 2.24) is 10.2 Å². The zero-order valence-corrected chi connectivity index (χ0v) is 13.7. The quantitative estimate of drug-likeness (QED) is 0.847. The molecule has 1 aliphatic heterocycles. The number of nitriles is 1. The van der Waals surface area contributed by atoms with Gasteiger partial charge < -0.3 is 19.3 Å². The number of aliphatic hydroxyl groups is 1. The van der Waals surface area contributed by atoms with Gasteiger partial charge in [-0.3, -0.25) is 4.79 Å². The third-order valence-corrected chi connectivity index (χ3v) is 4.03. The van der Waals surface area contributed by atoms with Gasteiger partial charge in [0.25, 0.3) is 5.56 Å². The van der Waals surface area contributed by atoms with Crippen molar-refractivity contribution < 1.29 is 19.3 Å². The minimum atomic E-state index is -1.09. The monoisotopic (exact) mass is 343 g/mol. The van der Waals surface area contributed by atoms with Crippen molar-refractivity contribution in [3.63, 3.8) is 0 Å². The number of nitrogens with zero attached hydrogens (tertiary/aromatic N) is 2. The summed E-state index contributed by atoms with van der Waals surface area (Å²) < 4.78 is 16.9. The van der Waals surface area contributed by atoms with Crippen LogP contribution in [0.15, 0.2) is 35.1 Å². The molecule has 2 aromatic rings. The van der Waals surface area contributed by atoms with E-state index >= 15 is 0 Å². The molecule has 0 aliphatic carbocycles. The van der Waals surface area contributed by atoms with Crippen LogP contribution in [-0.4, -0.2) is 40.7 Å². The molecule has 0 bridgehead atoms. The van der Waals surface area contributed by atoms with Crippen molar-refractivity contribution in [3.8, 4) is 17.7 Å². The van der Waals surface area contributed by atoms with Crippen molar-refractivity contribution in [3.05, 3.63) is 51.8 Å². The molecule has 0 saturated heterocycles. The Hall–Kier alpha value is -2.89. The fraction of sp³-hybridized carbons (Fsp3) is 0.353. The molecule has 8 nitrogen and oxygen atoms in total. The van der Waals surface area contributed by atoms with Crippen LogP contribution in [0, 0.1) is 11.3 Å². The first kappa shape index (κ1) is 17.0. The molecular formula is C17H17N3O5. The normalized spacial score (nSPS) is 24.7. The van der Waals surface area contributed by atoms with Gasteiger partial charge in [0.1, 0.15) is 11.9 Å². The summed E-state index contributed by atoms with van der Waals surface area (Å²) in [4.78, 5) is 11.2. The van der Waals surface area contributed by atoms with Crippen LogP contribution in [0.5, 0.6) is 11.6 Å². The van der Waals surface area contributed by atoms with Crippen molar-refractivity contribution >= 4 is 0 Å². The van der Waals surface area contributed by atoms with Crippen molar-refractivity contribution in [2.45, 2.75) is 24.7 Å². The SMILES string of the molecule is COCC1(C)Oc2ccc(C#N)cc2C(Oc2ccc(=O)[nH]n2)C1O. The number of aromatic nitrogens is 2. The molecule has 130 valence electrons. The van der Waals surface area contributed by atoms with E-state index in [-0.39, 0.29) is 18.0 Å². The maximum absolute atomic E-state index is 11.2. The summed E-state index contributed by atoms with van der Waals surface area (Å²) in [5, 5.41) is 26.0. The highest BCUT2D eigenvalue weighted by molar-refractivity contribution is 5.46. The van der Waals surface area contributed by atoms with Gasteiger partial charge in [0.2, 0.25) is 5.88 Å². The van der Waals surface area contributed by atoms with Crippen LogP contribution < -0.4 is 15.0 Å². The summed E-state index contributed by atoms with van der Waals surface area (Å²) in [5.41, 5.74) is -0.486. The molecule has 25 heavy (non-hydrogen) atoms. The number of nitrogens with one attached hydrogen (secondary N) is 1. The topological polar surface area (TPSA) is 117 Å². The van der Waals surface area contributed by atoms with Crippen LogP contribution in [0.4, 0.5) is 0 Å². The summed E-state index contributed by atoms with van der Waals surface area (Å²) in [6.45, 7) is 1.84. The molecule has 0 spiro atoms. The fourth-order valence-corrected chi connectivity index (χ4v) is 2.79. The van der Waals surface area contributed by atoms with E-state index in [1.54, 1.807) is 25.1 Å². The maximum atomic E-state index is 11.2. The molecule has 2 heterocycles. The number of ether oxygens (including phenoxy) is 3. The Morgan fingerprint density at radius 2 is 2.24 bits per heavy atom. The van der Waals surface area contributed by atoms with Gasteiger partial charge in [0.05, 0.1) is 18.2 Å². The Labute approximate surface area is 143 Å². The standard InChI is InChI=1S/C17H17N3O5/c1-17(9-23-2)16(22)15(24-14-6-5-13(21)19-20-14)11-7-10(8-18)3-4-12(11)25-17/h3-7,15-16,22H,9H2,1-2H3,(H,19,21). The summed E-state index contributed by atoms with van der Waals surface area (Å²) in [5.74, 6) is 0.622. The predicted molar refractivity (Wildman–Crippen MR) is 86.3 cm³/mol. The van der Waals surface area contributed by atoms with E-state index in [4.69, 9.17) is 19.5 Å². The molecule has 2 N–H and O–H groups in total. The van der Waals surface area contributed by atoms with E-state index in [1.807, 2.05) is 6.07 Å². The first-order chi connectivity index (χ1) is 12.0. The van der Waals surface area contributed by atoms with Crippen molar-refractivity contribution in [2.75, 3.05) is 13.7 Å². The molecule has 0 fully saturated rings. The number of hydrogen-bond donors (Lipinski definition) is 2. The molecule has 0 radical (unpaired) electrons. The smallest absolute Gasteiger partial charge is 0.264 e. The number of benzene rings is 1. The first-order valence-electron chi connectivity index (χ1n) is 7.59. The van der Waals surface area contributed by atoms with Gasteiger partial charge in [0, 0.05) is 24.8 Å².